The van der Waals surface area contributed by atoms with Crippen LogP contribution in [-0.4, -0.2) is 0 Å². The molecule has 0 saturated heterocycles. The highest BCUT2D eigenvalue weighted by Gasteiger charge is 2.00. The first-order valence-electron chi connectivity index (χ1n) is 6.53. The SMILES string of the molecule is Cc1cc(Nc2ccc3ccccc3c2)ccc1C#N. The molecule has 3 rings (SSSR count). The van der Waals surface area contributed by atoms with Crippen molar-refractivity contribution >= 4 is 22.1 Å². The predicted molar refractivity (Wildman–Crippen MR) is 83.1 cm³/mol. The third-order valence-corrected chi connectivity index (χ3v) is 3.38. The van der Waals surface area contributed by atoms with Crippen molar-refractivity contribution in [3.8, 4) is 6.07 Å². The normalized spacial score (nSPS) is 10.2. The Morgan fingerprint density at radius 3 is 2.30 bits per heavy atom. The van der Waals surface area contributed by atoms with Gasteiger partial charge in [-0.15, -0.1) is 0 Å². The van der Waals surface area contributed by atoms with Gasteiger partial charge >= 0.3 is 0 Å². The van der Waals surface area contributed by atoms with Crippen LogP contribution in [0.2, 0.25) is 0 Å². The highest BCUT2D eigenvalue weighted by atomic mass is 14.9. The van der Waals surface area contributed by atoms with Crippen LogP contribution in [0.3, 0.4) is 0 Å². The van der Waals surface area contributed by atoms with Gasteiger partial charge in [0.05, 0.1) is 11.6 Å². The molecule has 96 valence electrons. The van der Waals surface area contributed by atoms with E-state index in [9.17, 15) is 0 Å². The fourth-order valence-electron chi connectivity index (χ4n) is 2.30. The summed E-state index contributed by atoms with van der Waals surface area (Å²) in [5.41, 5.74) is 3.75. The molecule has 0 radical (unpaired) electrons. The van der Waals surface area contributed by atoms with Gasteiger partial charge in [0.1, 0.15) is 0 Å². The molecule has 0 bridgehead atoms. The zero-order chi connectivity index (χ0) is 13.9. The molecule has 2 heteroatoms. The second-order valence-electron chi connectivity index (χ2n) is 4.83. The highest BCUT2D eigenvalue weighted by Crippen LogP contribution is 2.23. The van der Waals surface area contributed by atoms with Gasteiger partial charge in [0.2, 0.25) is 0 Å². The van der Waals surface area contributed by atoms with Gasteiger partial charge in [-0.2, -0.15) is 5.26 Å². The minimum absolute atomic E-state index is 0.717. The summed E-state index contributed by atoms with van der Waals surface area (Å²) >= 11 is 0. The molecule has 0 aromatic heterocycles. The van der Waals surface area contributed by atoms with Crippen LogP contribution in [0.5, 0.6) is 0 Å². The number of hydrogen-bond donors (Lipinski definition) is 1. The molecule has 0 unspecified atom stereocenters. The summed E-state index contributed by atoms with van der Waals surface area (Å²) in [7, 11) is 0. The number of benzene rings is 3. The van der Waals surface area contributed by atoms with Gasteiger partial charge in [0.25, 0.3) is 0 Å². The summed E-state index contributed by atoms with van der Waals surface area (Å²) in [6.07, 6.45) is 0. The van der Waals surface area contributed by atoms with Gasteiger partial charge in [0, 0.05) is 11.4 Å². The van der Waals surface area contributed by atoms with Crippen LogP contribution in [0.25, 0.3) is 10.8 Å². The molecule has 1 N–H and O–H groups in total. The number of nitriles is 1. The van der Waals surface area contributed by atoms with Crippen LogP contribution in [0.1, 0.15) is 11.1 Å². The second-order valence-corrected chi connectivity index (χ2v) is 4.83. The van der Waals surface area contributed by atoms with Gasteiger partial charge in [-0.3, -0.25) is 0 Å². The van der Waals surface area contributed by atoms with Gasteiger partial charge in [-0.1, -0.05) is 30.3 Å². The van der Waals surface area contributed by atoms with Crippen molar-refractivity contribution in [2.45, 2.75) is 6.92 Å². The molecule has 0 aliphatic heterocycles. The summed E-state index contributed by atoms with van der Waals surface area (Å²) in [4.78, 5) is 0. The Labute approximate surface area is 118 Å². The van der Waals surface area contributed by atoms with E-state index >= 15 is 0 Å². The van der Waals surface area contributed by atoms with Crippen molar-refractivity contribution in [1.82, 2.24) is 0 Å². The Kier molecular flexibility index (Phi) is 3.10. The average molecular weight is 258 g/mol. The first-order valence-corrected chi connectivity index (χ1v) is 6.53. The molecule has 0 spiro atoms. The van der Waals surface area contributed by atoms with Crippen LogP contribution in [0.15, 0.2) is 60.7 Å². The number of nitrogens with zero attached hydrogens (tertiary/aromatic N) is 1. The van der Waals surface area contributed by atoms with Crippen LogP contribution in [-0.2, 0) is 0 Å². The lowest BCUT2D eigenvalue weighted by molar-refractivity contribution is 1.39. The largest absolute Gasteiger partial charge is 0.355 e. The van der Waals surface area contributed by atoms with Crippen molar-refractivity contribution in [3.05, 3.63) is 71.8 Å². The van der Waals surface area contributed by atoms with E-state index < -0.39 is 0 Å². The Morgan fingerprint density at radius 1 is 0.850 bits per heavy atom. The molecule has 3 aromatic rings. The third-order valence-electron chi connectivity index (χ3n) is 3.38. The maximum absolute atomic E-state index is 8.95. The first-order chi connectivity index (χ1) is 9.76. The quantitative estimate of drug-likeness (QED) is 0.719. The van der Waals surface area contributed by atoms with E-state index in [2.05, 4.69) is 41.7 Å². The molecule has 0 saturated carbocycles. The van der Waals surface area contributed by atoms with Crippen molar-refractivity contribution in [1.29, 1.82) is 5.26 Å². The first kappa shape index (κ1) is 12.3. The van der Waals surface area contributed by atoms with Gasteiger partial charge in [0.15, 0.2) is 0 Å². The standard InChI is InChI=1S/C18H14N2/c1-13-10-17(9-7-16(13)12-19)20-18-8-6-14-4-2-3-5-15(14)11-18/h2-11,20H,1H3. The lowest BCUT2D eigenvalue weighted by Crippen LogP contribution is -1.92. The fourth-order valence-corrected chi connectivity index (χ4v) is 2.30. The summed E-state index contributed by atoms with van der Waals surface area (Å²) < 4.78 is 0. The van der Waals surface area contributed by atoms with E-state index in [1.165, 1.54) is 10.8 Å². The minimum atomic E-state index is 0.717. The number of hydrogen-bond acceptors (Lipinski definition) is 2. The van der Waals surface area contributed by atoms with Gasteiger partial charge in [-0.05, 0) is 53.6 Å². The summed E-state index contributed by atoms with van der Waals surface area (Å²) in [6.45, 7) is 1.95. The number of nitrogens with one attached hydrogen (secondary N) is 1. The Hall–Kier alpha value is -2.79. The zero-order valence-electron chi connectivity index (χ0n) is 11.2. The average Bonchev–Trinajstić information content (AvgIpc) is 2.47. The summed E-state index contributed by atoms with van der Waals surface area (Å²) in [6, 6.07) is 22.5. The molecular weight excluding hydrogens is 244 g/mol. The molecule has 0 heterocycles. The second kappa shape index (κ2) is 5.07. The van der Waals surface area contributed by atoms with Gasteiger partial charge < -0.3 is 5.32 Å². The lowest BCUT2D eigenvalue weighted by atomic mass is 10.1. The zero-order valence-corrected chi connectivity index (χ0v) is 11.2. The van der Waals surface area contributed by atoms with E-state index in [0.29, 0.717) is 5.56 Å². The Morgan fingerprint density at radius 2 is 1.55 bits per heavy atom. The Balaban J connectivity index is 1.93. The van der Waals surface area contributed by atoms with Crippen molar-refractivity contribution in [3.63, 3.8) is 0 Å². The molecule has 0 aliphatic carbocycles. The molecule has 2 nitrogen and oxygen atoms in total. The third kappa shape index (κ3) is 2.34. The van der Waals surface area contributed by atoms with E-state index in [1.54, 1.807) is 0 Å². The van der Waals surface area contributed by atoms with Crippen LogP contribution in [0, 0.1) is 18.3 Å². The highest BCUT2D eigenvalue weighted by molar-refractivity contribution is 5.86. The van der Waals surface area contributed by atoms with E-state index in [4.69, 9.17) is 5.26 Å². The molecule has 0 fully saturated rings. The van der Waals surface area contributed by atoms with Crippen molar-refractivity contribution in [2.24, 2.45) is 0 Å². The summed E-state index contributed by atoms with van der Waals surface area (Å²) in [5.74, 6) is 0. The van der Waals surface area contributed by atoms with Crippen LogP contribution < -0.4 is 5.32 Å². The maximum Gasteiger partial charge on any atom is 0.0994 e. The molecule has 20 heavy (non-hydrogen) atoms. The maximum atomic E-state index is 8.95. The molecule has 0 aliphatic rings. The van der Waals surface area contributed by atoms with E-state index in [1.807, 2.05) is 37.3 Å². The number of aryl methyl sites for hydroxylation is 1. The van der Waals surface area contributed by atoms with E-state index in [-0.39, 0.29) is 0 Å². The monoisotopic (exact) mass is 258 g/mol. The predicted octanol–water partition coefficient (Wildman–Crippen LogP) is 4.76. The van der Waals surface area contributed by atoms with E-state index in [0.717, 1.165) is 16.9 Å². The number of fused-ring (bicyclic) bond motifs is 1. The van der Waals surface area contributed by atoms with Crippen LogP contribution >= 0.6 is 0 Å². The smallest absolute Gasteiger partial charge is 0.0994 e. The molecule has 0 atom stereocenters. The molecule has 3 aromatic carbocycles. The molecule has 0 amide bonds. The van der Waals surface area contributed by atoms with Crippen molar-refractivity contribution < 1.29 is 0 Å². The number of rotatable bonds is 2. The van der Waals surface area contributed by atoms with Gasteiger partial charge in [-0.25, -0.2) is 0 Å². The van der Waals surface area contributed by atoms with Crippen LogP contribution in [0.4, 0.5) is 11.4 Å². The summed E-state index contributed by atoms with van der Waals surface area (Å²) in [5, 5.41) is 14.8. The molecular formula is C18H14N2. The fraction of sp³-hybridized carbons (Fsp3) is 0.0556. The van der Waals surface area contributed by atoms with Crippen molar-refractivity contribution in [2.75, 3.05) is 5.32 Å². The topological polar surface area (TPSA) is 35.8 Å². The minimum Gasteiger partial charge on any atom is -0.355 e. The Bertz CT molecular complexity index is 813. The lowest BCUT2D eigenvalue weighted by Gasteiger charge is -2.09. The number of anilines is 2.